The fourth-order valence-corrected chi connectivity index (χ4v) is 4.15. The van der Waals surface area contributed by atoms with E-state index in [9.17, 15) is 9.90 Å². The van der Waals surface area contributed by atoms with Crippen molar-refractivity contribution in [1.82, 2.24) is 9.80 Å². The maximum Gasteiger partial charge on any atom is 0.225 e. The molecule has 1 heterocycles. The van der Waals surface area contributed by atoms with Gasteiger partial charge < -0.3 is 10.0 Å². The summed E-state index contributed by atoms with van der Waals surface area (Å²) >= 11 is 0. The molecule has 2 fully saturated rings. The summed E-state index contributed by atoms with van der Waals surface area (Å²) < 4.78 is 0. The number of nitrogens with zero attached hydrogens (tertiary/aromatic N) is 2. The fourth-order valence-electron chi connectivity index (χ4n) is 4.15. The number of likely N-dealkylation sites (N-methyl/N-ethyl adjacent to an activating group) is 1. The lowest BCUT2D eigenvalue weighted by Gasteiger charge is -2.38. The lowest BCUT2D eigenvalue weighted by molar-refractivity contribution is -0.138. The Bertz CT molecular complexity index is 540. The Hall–Kier alpha value is -1.39. The number of benzene rings is 1. The Morgan fingerprint density at radius 1 is 1.25 bits per heavy atom. The minimum Gasteiger partial charge on any atom is -0.389 e. The molecule has 132 valence electrons. The largest absolute Gasteiger partial charge is 0.389 e. The van der Waals surface area contributed by atoms with Crippen molar-refractivity contribution in [3.8, 4) is 0 Å². The first-order valence-corrected chi connectivity index (χ1v) is 9.30. The Labute approximate surface area is 145 Å². The Balaban J connectivity index is 1.54. The molecule has 0 aromatic heterocycles. The summed E-state index contributed by atoms with van der Waals surface area (Å²) in [7, 11) is 1.91. The summed E-state index contributed by atoms with van der Waals surface area (Å²) in [4.78, 5) is 17.0. The first-order valence-electron chi connectivity index (χ1n) is 9.30. The maximum atomic E-state index is 12.6. The van der Waals surface area contributed by atoms with E-state index in [4.69, 9.17) is 0 Å². The zero-order chi connectivity index (χ0) is 17.0. The van der Waals surface area contributed by atoms with Gasteiger partial charge in [0.05, 0.1) is 12.0 Å². The molecule has 3 rings (SSSR count). The summed E-state index contributed by atoms with van der Waals surface area (Å²) in [5.74, 6) is 0.103. The molecular weight excluding hydrogens is 300 g/mol. The van der Waals surface area contributed by atoms with E-state index in [0.29, 0.717) is 6.42 Å². The summed E-state index contributed by atoms with van der Waals surface area (Å²) in [5, 5.41) is 10.5. The third-order valence-corrected chi connectivity index (χ3v) is 5.69. The van der Waals surface area contributed by atoms with Crippen molar-refractivity contribution in [3.05, 3.63) is 35.9 Å². The van der Waals surface area contributed by atoms with Gasteiger partial charge in [0.2, 0.25) is 5.91 Å². The van der Waals surface area contributed by atoms with Crippen molar-refractivity contribution >= 4 is 5.91 Å². The summed E-state index contributed by atoms with van der Waals surface area (Å²) in [6.07, 6.45) is 6.11. The smallest absolute Gasteiger partial charge is 0.225 e. The van der Waals surface area contributed by atoms with Gasteiger partial charge in [0.1, 0.15) is 0 Å². The van der Waals surface area contributed by atoms with E-state index in [2.05, 4.69) is 29.2 Å². The van der Waals surface area contributed by atoms with Crippen molar-refractivity contribution < 1.29 is 9.90 Å². The molecule has 0 spiro atoms. The first kappa shape index (κ1) is 17.4. The molecule has 1 saturated heterocycles. The number of amides is 1. The van der Waals surface area contributed by atoms with Crippen LogP contribution in [0.25, 0.3) is 0 Å². The number of rotatable bonds is 5. The van der Waals surface area contributed by atoms with Crippen LogP contribution in [-0.2, 0) is 11.3 Å². The molecule has 4 nitrogen and oxygen atoms in total. The summed E-state index contributed by atoms with van der Waals surface area (Å²) in [6.45, 7) is 2.97. The molecule has 1 unspecified atom stereocenters. The van der Waals surface area contributed by atoms with Gasteiger partial charge in [-0.3, -0.25) is 9.69 Å². The van der Waals surface area contributed by atoms with Crippen molar-refractivity contribution in [2.24, 2.45) is 0 Å². The molecule has 1 amide bonds. The minimum atomic E-state index is -0.746. The van der Waals surface area contributed by atoms with Crippen molar-refractivity contribution in [2.75, 3.05) is 20.1 Å². The van der Waals surface area contributed by atoms with Gasteiger partial charge in [-0.15, -0.1) is 0 Å². The van der Waals surface area contributed by atoms with Gasteiger partial charge in [-0.05, 0) is 37.8 Å². The van der Waals surface area contributed by atoms with E-state index in [1.54, 1.807) is 0 Å². The predicted molar refractivity (Wildman–Crippen MR) is 95.5 cm³/mol. The van der Waals surface area contributed by atoms with E-state index in [1.165, 1.54) is 5.56 Å². The lowest BCUT2D eigenvalue weighted by Crippen LogP contribution is -2.49. The fraction of sp³-hybridized carbons (Fsp3) is 0.650. The van der Waals surface area contributed by atoms with Gasteiger partial charge in [0, 0.05) is 26.2 Å². The highest BCUT2D eigenvalue weighted by Crippen LogP contribution is 2.33. The zero-order valence-electron chi connectivity index (χ0n) is 14.8. The molecule has 1 saturated carbocycles. The third kappa shape index (κ3) is 4.37. The highest BCUT2D eigenvalue weighted by molar-refractivity contribution is 5.77. The van der Waals surface area contributed by atoms with E-state index < -0.39 is 5.60 Å². The SMILES string of the molecule is CN(C(=O)CC1(O)CCCC1)C1CCCN(Cc2ccccc2)C1. The molecule has 1 aromatic carbocycles. The van der Waals surface area contributed by atoms with Gasteiger partial charge >= 0.3 is 0 Å². The summed E-state index contributed by atoms with van der Waals surface area (Å²) in [6, 6.07) is 10.8. The maximum absolute atomic E-state index is 12.6. The molecule has 0 radical (unpaired) electrons. The van der Waals surface area contributed by atoms with Crippen molar-refractivity contribution in [2.45, 2.75) is 63.1 Å². The average molecular weight is 330 g/mol. The number of likely N-dealkylation sites (tertiary alicyclic amines) is 1. The number of aliphatic hydroxyl groups is 1. The number of hydrogen-bond acceptors (Lipinski definition) is 3. The number of carbonyl (C=O) groups excluding carboxylic acids is 1. The number of carbonyl (C=O) groups is 1. The van der Waals surface area contributed by atoms with Crippen LogP contribution < -0.4 is 0 Å². The standard InChI is InChI=1S/C20H30N2O2/c1-21(19(23)14-20(24)11-5-6-12-20)18-10-7-13-22(16-18)15-17-8-3-2-4-9-17/h2-4,8-9,18,24H,5-7,10-16H2,1H3. The van der Waals surface area contributed by atoms with Crippen LogP contribution in [0.4, 0.5) is 0 Å². The molecule has 4 heteroatoms. The van der Waals surface area contributed by atoms with Gasteiger partial charge in [0.25, 0.3) is 0 Å². The second kappa shape index (κ2) is 7.66. The lowest BCUT2D eigenvalue weighted by atomic mass is 9.96. The second-order valence-corrected chi connectivity index (χ2v) is 7.63. The Kier molecular flexibility index (Phi) is 5.57. The van der Waals surface area contributed by atoms with Gasteiger partial charge in [-0.25, -0.2) is 0 Å². The molecule has 1 aromatic rings. The van der Waals surface area contributed by atoms with Crippen LogP contribution in [0, 0.1) is 0 Å². The molecule has 1 aliphatic heterocycles. The van der Waals surface area contributed by atoms with Crippen molar-refractivity contribution in [3.63, 3.8) is 0 Å². The first-order chi connectivity index (χ1) is 11.6. The van der Waals surface area contributed by atoms with E-state index >= 15 is 0 Å². The normalized spacial score (nSPS) is 24.0. The molecule has 1 atom stereocenters. The molecule has 1 N–H and O–H groups in total. The van der Waals surface area contributed by atoms with Crippen LogP contribution in [0.2, 0.25) is 0 Å². The highest BCUT2D eigenvalue weighted by Gasteiger charge is 2.36. The third-order valence-electron chi connectivity index (χ3n) is 5.69. The molecule has 2 aliphatic rings. The van der Waals surface area contributed by atoms with Crippen LogP contribution in [-0.4, -0.2) is 52.6 Å². The van der Waals surface area contributed by atoms with Gasteiger partial charge in [-0.2, -0.15) is 0 Å². The highest BCUT2D eigenvalue weighted by atomic mass is 16.3. The van der Waals surface area contributed by atoms with E-state index in [1.807, 2.05) is 18.0 Å². The topological polar surface area (TPSA) is 43.8 Å². The van der Waals surface area contributed by atoms with Crippen LogP contribution >= 0.6 is 0 Å². The van der Waals surface area contributed by atoms with Gasteiger partial charge in [-0.1, -0.05) is 43.2 Å². The van der Waals surface area contributed by atoms with Crippen molar-refractivity contribution in [1.29, 1.82) is 0 Å². The van der Waals surface area contributed by atoms with E-state index in [-0.39, 0.29) is 11.9 Å². The van der Waals surface area contributed by atoms with Crippen LogP contribution in [0.3, 0.4) is 0 Å². The minimum absolute atomic E-state index is 0.103. The molecule has 24 heavy (non-hydrogen) atoms. The summed E-state index contributed by atoms with van der Waals surface area (Å²) in [5.41, 5.74) is 0.580. The second-order valence-electron chi connectivity index (χ2n) is 7.63. The Morgan fingerprint density at radius 3 is 2.67 bits per heavy atom. The average Bonchev–Trinajstić information content (AvgIpc) is 3.01. The molecule has 1 aliphatic carbocycles. The number of hydrogen-bond donors (Lipinski definition) is 1. The quantitative estimate of drug-likeness (QED) is 0.903. The van der Waals surface area contributed by atoms with E-state index in [0.717, 1.165) is 58.2 Å². The zero-order valence-corrected chi connectivity index (χ0v) is 14.8. The predicted octanol–water partition coefficient (Wildman–Crippen LogP) is 2.80. The van der Waals surface area contributed by atoms with Crippen LogP contribution in [0.1, 0.15) is 50.5 Å². The van der Waals surface area contributed by atoms with Crippen LogP contribution in [0.15, 0.2) is 30.3 Å². The number of piperidine rings is 1. The van der Waals surface area contributed by atoms with Gasteiger partial charge in [0.15, 0.2) is 0 Å². The molecule has 0 bridgehead atoms. The molecular formula is C20H30N2O2. The monoisotopic (exact) mass is 330 g/mol. The Morgan fingerprint density at radius 2 is 1.96 bits per heavy atom. The van der Waals surface area contributed by atoms with Crippen LogP contribution in [0.5, 0.6) is 0 Å².